The first-order valence-electron chi connectivity index (χ1n) is 4.96. The fourth-order valence-electron chi connectivity index (χ4n) is 1.39. The zero-order valence-corrected chi connectivity index (χ0v) is 10.6. The number of para-hydroxylation sites is 1. The lowest BCUT2D eigenvalue weighted by Crippen LogP contribution is -1.99. The summed E-state index contributed by atoms with van der Waals surface area (Å²) in [7, 11) is 0. The van der Waals surface area contributed by atoms with Crippen LogP contribution in [0.5, 0.6) is 11.5 Å². The van der Waals surface area contributed by atoms with E-state index in [-0.39, 0.29) is 27.9 Å². The van der Waals surface area contributed by atoms with Gasteiger partial charge >= 0.3 is 0 Å². The minimum atomic E-state index is -0.811. The molecular weight excluding hydrogens is 278 g/mol. The summed E-state index contributed by atoms with van der Waals surface area (Å²) in [6.45, 7) is 0. The van der Waals surface area contributed by atoms with E-state index in [0.29, 0.717) is 5.02 Å². The summed E-state index contributed by atoms with van der Waals surface area (Å²) in [5.41, 5.74) is 11.2. The van der Waals surface area contributed by atoms with Crippen LogP contribution in [0.1, 0.15) is 0 Å². The van der Waals surface area contributed by atoms with Crippen molar-refractivity contribution in [3.63, 3.8) is 0 Å². The Balaban J connectivity index is 2.47. The standard InChI is InChI=1S/C12H9Cl2FN2O/c13-6-3-1-2-4-9(6)18-12-8(17)5-7(16)10(14)11(12)15/h1-5H,16-17H2. The van der Waals surface area contributed by atoms with E-state index in [1.165, 1.54) is 6.07 Å². The molecule has 18 heavy (non-hydrogen) atoms. The van der Waals surface area contributed by atoms with Crippen LogP contribution in [0.2, 0.25) is 10.0 Å². The van der Waals surface area contributed by atoms with Crippen molar-refractivity contribution in [2.24, 2.45) is 0 Å². The zero-order valence-electron chi connectivity index (χ0n) is 9.08. The minimum Gasteiger partial charge on any atom is -0.450 e. The van der Waals surface area contributed by atoms with Crippen molar-refractivity contribution in [2.45, 2.75) is 0 Å². The van der Waals surface area contributed by atoms with Gasteiger partial charge in [0.1, 0.15) is 10.8 Å². The largest absolute Gasteiger partial charge is 0.450 e. The molecule has 4 N–H and O–H groups in total. The molecule has 0 aliphatic carbocycles. The molecule has 2 aromatic carbocycles. The Hall–Kier alpha value is -1.65. The molecule has 0 unspecified atom stereocenters. The molecule has 0 aromatic heterocycles. The van der Waals surface area contributed by atoms with E-state index in [4.69, 9.17) is 39.4 Å². The predicted octanol–water partition coefficient (Wildman–Crippen LogP) is 4.09. The molecule has 0 amide bonds. The molecule has 0 fully saturated rings. The Bertz CT molecular complexity index is 605. The number of nitrogens with two attached hydrogens (primary N) is 2. The fraction of sp³-hybridized carbons (Fsp3) is 0. The van der Waals surface area contributed by atoms with Gasteiger partial charge in [0.05, 0.1) is 16.4 Å². The number of nitrogen functional groups attached to an aromatic ring is 2. The first-order chi connectivity index (χ1) is 8.50. The first-order valence-corrected chi connectivity index (χ1v) is 5.71. The summed E-state index contributed by atoms with van der Waals surface area (Å²) in [6, 6.07) is 7.96. The van der Waals surface area contributed by atoms with Crippen LogP contribution in [-0.2, 0) is 0 Å². The highest BCUT2D eigenvalue weighted by Gasteiger charge is 2.17. The number of ether oxygens (including phenoxy) is 1. The van der Waals surface area contributed by atoms with Crippen molar-refractivity contribution < 1.29 is 9.13 Å². The van der Waals surface area contributed by atoms with Crippen LogP contribution in [0.4, 0.5) is 15.8 Å². The zero-order chi connectivity index (χ0) is 13.3. The summed E-state index contributed by atoms with van der Waals surface area (Å²) in [4.78, 5) is 0. The predicted molar refractivity (Wildman–Crippen MR) is 71.8 cm³/mol. The maximum Gasteiger partial charge on any atom is 0.188 e. The summed E-state index contributed by atoms with van der Waals surface area (Å²) in [6.07, 6.45) is 0. The molecule has 2 aromatic rings. The fourth-order valence-corrected chi connectivity index (χ4v) is 1.71. The van der Waals surface area contributed by atoms with Gasteiger partial charge < -0.3 is 16.2 Å². The van der Waals surface area contributed by atoms with Crippen LogP contribution < -0.4 is 16.2 Å². The van der Waals surface area contributed by atoms with E-state index in [0.717, 1.165) is 0 Å². The minimum absolute atomic E-state index is 0.0503. The van der Waals surface area contributed by atoms with Crippen molar-refractivity contribution in [3.8, 4) is 11.5 Å². The second kappa shape index (κ2) is 4.92. The lowest BCUT2D eigenvalue weighted by molar-refractivity contribution is 0.445. The Kier molecular flexibility index (Phi) is 3.50. The Morgan fingerprint density at radius 1 is 1.06 bits per heavy atom. The maximum atomic E-state index is 13.9. The quantitative estimate of drug-likeness (QED) is 0.818. The second-order valence-electron chi connectivity index (χ2n) is 3.54. The molecule has 94 valence electrons. The van der Waals surface area contributed by atoms with E-state index in [9.17, 15) is 4.39 Å². The molecule has 0 aliphatic rings. The highest BCUT2D eigenvalue weighted by molar-refractivity contribution is 6.33. The first kappa shape index (κ1) is 12.8. The molecule has 0 spiro atoms. The molecule has 0 bridgehead atoms. The number of anilines is 2. The second-order valence-corrected chi connectivity index (χ2v) is 4.33. The molecular formula is C12H9Cl2FN2O. The summed E-state index contributed by atoms with van der Waals surface area (Å²) in [5.74, 6) is -0.720. The highest BCUT2D eigenvalue weighted by atomic mass is 35.5. The molecule has 0 atom stereocenters. The van der Waals surface area contributed by atoms with E-state index in [1.54, 1.807) is 24.3 Å². The number of rotatable bonds is 2. The van der Waals surface area contributed by atoms with Crippen LogP contribution in [0, 0.1) is 5.82 Å². The molecule has 0 radical (unpaired) electrons. The smallest absolute Gasteiger partial charge is 0.188 e. The van der Waals surface area contributed by atoms with Gasteiger partial charge in [-0.25, -0.2) is 4.39 Å². The third kappa shape index (κ3) is 2.30. The van der Waals surface area contributed by atoms with Crippen LogP contribution in [-0.4, -0.2) is 0 Å². The average molecular weight is 287 g/mol. The van der Waals surface area contributed by atoms with Crippen LogP contribution in [0.3, 0.4) is 0 Å². The maximum absolute atomic E-state index is 13.9. The summed E-state index contributed by atoms with van der Waals surface area (Å²) in [5, 5.41) is 0.107. The number of halogens is 3. The number of hydrogen-bond acceptors (Lipinski definition) is 3. The van der Waals surface area contributed by atoms with Crippen molar-refractivity contribution >= 4 is 34.6 Å². The van der Waals surface area contributed by atoms with Crippen molar-refractivity contribution in [3.05, 3.63) is 46.2 Å². The van der Waals surface area contributed by atoms with Gasteiger partial charge in [-0.05, 0) is 18.2 Å². The van der Waals surface area contributed by atoms with Gasteiger partial charge in [-0.1, -0.05) is 35.3 Å². The van der Waals surface area contributed by atoms with E-state index in [2.05, 4.69) is 0 Å². The van der Waals surface area contributed by atoms with E-state index < -0.39 is 5.82 Å². The Labute approximate surface area is 113 Å². The van der Waals surface area contributed by atoms with Crippen LogP contribution >= 0.6 is 23.2 Å². The SMILES string of the molecule is Nc1cc(N)c(Oc2ccccc2Cl)c(F)c1Cl. The average Bonchev–Trinajstić information content (AvgIpc) is 2.34. The molecule has 2 rings (SSSR count). The topological polar surface area (TPSA) is 61.3 Å². The van der Waals surface area contributed by atoms with Gasteiger partial charge in [-0.15, -0.1) is 0 Å². The van der Waals surface area contributed by atoms with Gasteiger partial charge in [0.25, 0.3) is 0 Å². The van der Waals surface area contributed by atoms with Gasteiger partial charge in [0, 0.05) is 0 Å². The monoisotopic (exact) mass is 286 g/mol. The molecule has 3 nitrogen and oxygen atoms in total. The molecule has 0 saturated carbocycles. The van der Waals surface area contributed by atoms with Gasteiger partial charge in [-0.3, -0.25) is 0 Å². The van der Waals surface area contributed by atoms with E-state index in [1.807, 2.05) is 0 Å². The van der Waals surface area contributed by atoms with Gasteiger partial charge in [0.2, 0.25) is 0 Å². The summed E-state index contributed by atoms with van der Waals surface area (Å²) >= 11 is 11.6. The normalized spacial score (nSPS) is 10.4. The molecule has 0 aliphatic heterocycles. The van der Waals surface area contributed by atoms with Crippen molar-refractivity contribution in [2.75, 3.05) is 11.5 Å². The molecule has 6 heteroatoms. The summed E-state index contributed by atoms with van der Waals surface area (Å²) < 4.78 is 19.2. The number of hydrogen-bond donors (Lipinski definition) is 2. The molecule has 0 saturated heterocycles. The van der Waals surface area contributed by atoms with E-state index >= 15 is 0 Å². The van der Waals surface area contributed by atoms with Crippen molar-refractivity contribution in [1.29, 1.82) is 0 Å². The Morgan fingerprint density at radius 2 is 1.72 bits per heavy atom. The van der Waals surface area contributed by atoms with Crippen molar-refractivity contribution in [1.82, 2.24) is 0 Å². The highest BCUT2D eigenvalue weighted by Crippen LogP contribution is 2.39. The van der Waals surface area contributed by atoms with Crippen LogP contribution in [0.15, 0.2) is 30.3 Å². The Morgan fingerprint density at radius 3 is 2.39 bits per heavy atom. The molecule has 0 heterocycles. The van der Waals surface area contributed by atoms with Gasteiger partial charge in [0.15, 0.2) is 11.6 Å². The third-order valence-electron chi connectivity index (χ3n) is 2.27. The van der Waals surface area contributed by atoms with Gasteiger partial charge in [-0.2, -0.15) is 0 Å². The lowest BCUT2D eigenvalue weighted by atomic mass is 10.2. The lowest BCUT2D eigenvalue weighted by Gasteiger charge is -2.12. The van der Waals surface area contributed by atoms with Crippen LogP contribution in [0.25, 0.3) is 0 Å². The third-order valence-corrected chi connectivity index (χ3v) is 2.96. The number of benzene rings is 2.